The molecule has 0 radical (unpaired) electrons. The van der Waals surface area contributed by atoms with E-state index in [1.165, 1.54) is 0 Å². The molecule has 2 aromatic heterocycles. The SMILES string of the molecule is CC.CCc1cc(C(F)(F)F)c(Cl)n2nc(C(F)F)nc12. The van der Waals surface area contributed by atoms with E-state index in [1.54, 1.807) is 6.92 Å². The molecule has 0 aliphatic rings. The second-order valence-electron chi connectivity index (χ2n) is 3.73. The average molecular weight is 330 g/mol. The van der Waals surface area contributed by atoms with Gasteiger partial charge in [-0.2, -0.15) is 13.2 Å². The first kappa shape index (κ1) is 17.6. The standard InChI is InChI=1S/C10H7ClF5N3.C2H6/c1-2-4-3-5(10(14,15)16)6(11)19-9(4)17-8(18-19)7(12)13;1-2/h3,7H,2H2,1H3;1-2H3. The van der Waals surface area contributed by atoms with Gasteiger partial charge in [-0.1, -0.05) is 32.4 Å². The molecule has 2 rings (SSSR count). The Balaban J connectivity index is 0.00000106. The van der Waals surface area contributed by atoms with Crippen LogP contribution in [-0.4, -0.2) is 14.6 Å². The first-order chi connectivity index (χ1) is 9.75. The molecule has 0 unspecified atom stereocenters. The van der Waals surface area contributed by atoms with E-state index in [4.69, 9.17) is 11.6 Å². The smallest absolute Gasteiger partial charge is 0.206 e. The van der Waals surface area contributed by atoms with E-state index in [2.05, 4.69) is 10.1 Å². The molecule has 3 nitrogen and oxygen atoms in total. The van der Waals surface area contributed by atoms with Crippen molar-refractivity contribution >= 4 is 17.2 Å². The van der Waals surface area contributed by atoms with Crippen LogP contribution in [0.15, 0.2) is 6.07 Å². The van der Waals surface area contributed by atoms with E-state index in [0.29, 0.717) is 4.52 Å². The summed E-state index contributed by atoms with van der Waals surface area (Å²) in [6.07, 6.45) is -7.48. The highest BCUT2D eigenvalue weighted by Gasteiger charge is 2.36. The Morgan fingerprint density at radius 1 is 1.29 bits per heavy atom. The van der Waals surface area contributed by atoms with Crippen molar-refractivity contribution in [1.29, 1.82) is 0 Å². The lowest BCUT2D eigenvalue weighted by atomic mass is 10.1. The van der Waals surface area contributed by atoms with Gasteiger partial charge in [-0.25, -0.2) is 18.3 Å². The van der Waals surface area contributed by atoms with Gasteiger partial charge in [0.15, 0.2) is 5.65 Å². The Morgan fingerprint density at radius 3 is 2.29 bits per heavy atom. The molecule has 9 heteroatoms. The molecule has 0 fully saturated rings. The molecule has 2 aromatic rings. The molecule has 0 amide bonds. The lowest BCUT2D eigenvalue weighted by Gasteiger charge is -2.11. The Morgan fingerprint density at radius 2 is 1.86 bits per heavy atom. The van der Waals surface area contributed by atoms with Gasteiger partial charge in [0.1, 0.15) is 5.15 Å². The van der Waals surface area contributed by atoms with Crippen molar-refractivity contribution in [1.82, 2.24) is 14.6 Å². The summed E-state index contributed by atoms with van der Waals surface area (Å²) in [5, 5.41) is 2.54. The van der Waals surface area contributed by atoms with E-state index < -0.39 is 29.1 Å². The minimum atomic E-state index is -4.69. The van der Waals surface area contributed by atoms with Crippen molar-refractivity contribution < 1.29 is 22.0 Å². The molecule has 0 aliphatic heterocycles. The van der Waals surface area contributed by atoms with E-state index in [0.717, 1.165) is 6.07 Å². The van der Waals surface area contributed by atoms with Crippen LogP contribution in [0.1, 0.15) is 44.1 Å². The molecule has 0 aliphatic carbocycles. The first-order valence-corrected chi connectivity index (χ1v) is 6.57. The summed E-state index contributed by atoms with van der Waals surface area (Å²) in [6.45, 7) is 5.58. The predicted molar refractivity (Wildman–Crippen MR) is 68.7 cm³/mol. The molecule has 118 valence electrons. The predicted octanol–water partition coefficient (Wildman–Crippen LogP) is 4.93. The topological polar surface area (TPSA) is 30.2 Å². The van der Waals surface area contributed by atoms with E-state index in [-0.39, 0.29) is 17.6 Å². The van der Waals surface area contributed by atoms with Crippen LogP contribution >= 0.6 is 11.6 Å². The Kier molecular flexibility index (Phi) is 5.49. The summed E-state index contributed by atoms with van der Waals surface area (Å²) in [7, 11) is 0. The van der Waals surface area contributed by atoms with Crippen molar-refractivity contribution in [2.45, 2.75) is 39.8 Å². The Hall–Kier alpha value is -1.44. The van der Waals surface area contributed by atoms with Gasteiger partial charge in [0.2, 0.25) is 5.82 Å². The normalized spacial score (nSPS) is 11.7. The van der Waals surface area contributed by atoms with Gasteiger partial charge in [-0.15, -0.1) is 5.10 Å². The zero-order valence-electron chi connectivity index (χ0n) is 11.5. The van der Waals surface area contributed by atoms with Gasteiger partial charge in [0.05, 0.1) is 5.56 Å². The molecular formula is C12H13ClF5N3. The molecule has 0 spiro atoms. The quantitative estimate of drug-likeness (QED) is 0.578. The minimum Gasteiger partial charge on any atom is -0.206 e. The number of rotatable bonds is 2. The zero-order valence-corrected chi connectivity index (χ0v) is 12.2. The third kappa shape index (κ3) is 3.42. The van der Waals surface area contributed by atoms with Gasteiger partial charge >= 0.3 is 6.18 Å². The zero-order chi connectivity index (χ0) is 16.4. The number of fused-ring (bicyclic) bond motifs is 1. The Bertz CT molecular complexity index is 621. The fourth-order valence-corrected chi connectivity index (χ4v) is 1.92. The summed E-state index contributed by atoms with van der Waals surface area (Å²) in [5.74, 6) is -0.851. The largest absolute Gasteiger partial charge is 0.419 e. The maximum Gasteiger partial charge on any atom is 0.419 e. The van der Waals surface area contributed by atoms with Gasteiger partial charge in [0, 0.05) is 0 Å². The summed E-state index contributed by atoms with van der Waals surface area (Å²) >= 11 is 5.57. The fraction of sp³-hybridized carbons (Fsp3) is 0.500. The molecule has 0 N–H and O–H groups in total. The number of aromatic nitrogens is 3. The number of alkyl halides is 5. The number of hydrogen-bond acceptors (Lipinski definition) is 2. The van der Waals surface area contributed by atoms with Gasteiger partial charge < -0.3 is 0 Å². The lowest BCUT2D eigenvalue weighted by Crippen LogP contribution is -2.10. The molecule has 21 heavy (non-hydrogen) atoms. The summed E-state index contributed by atoms with van der Waals surface area (Å²) in [5.41, 5.74) is -1.06. The molecule has 0 aromatic carbocycles. The van der Waals surface area contributed by atoms with Crippen LogP contribution in [-0.2, 0) is 12.6 Å². The van der Waals surface area contributed by atoms with Crippen molar-refractivity contribution in [2.24, 2.45) is 0 Å². The maximum atomic E-state index is 12.8. The number of aryl methyl sites for hydroxylation is 1. The highest BCUT2D eigenvalue weighted by molar-refractivity contribution is 6.30. The number of hydrogen-bond donors (Lipinski definition) is 0. The van der Waals surface area contributed by atoms with Crippen molar-refractivity contribution in [3.05, 3.63) is 28.2 Å². The molecule has 0 bridgehead atoms. The van der Waals surface area contributed by atoms with Crippen LogP contribution in [0.5, 0.6) is 0 Å². The van der Waals surface area contributed by atoms with Crippen LogP contribution < -0.4 is 0 Å². The number of nitrogens with zero attached hydrogens (tertiary/aromatic N) is 3. The summed E-state index contributed by atoms with van der Waals surface area (Å²) in [6, 6.07) is 0.807. The summed E-state index contributed by atoms with van der Waals surface area (Å²) in [4.78, 5) is 3.52. The Labute approximate surface area is 122 Å². The van der Waals surface area contributed by atoms with Crippen LogP contribution in [0.3, 0.4) is 0 Å². The van der Waals surface area contributed by atoms with Gasteiger partial charge in [-0.05, 0) is 18.1 Å². The molecule has 0 saturated carbocycles. The van der Waals surface area contributed by atoms with Gasteiger partial charge in [0.25, 0.3) is 6.43 Å². The van der Waals surface area contributed by atoms with Crippen LogP contribution in [0.4, 0.5) is 22.0 Å². The third-order valence-electron chi connectivity index (χ3n) is 2.52. The van der Waals surface area contributed by atoms with Gasteiger partial charge in [-0.3, -0.25) is 0 Å². The van der Waals surface area contributed by atoms with E-state index >= 15 is 0 Å². The molecule has 0 saturated heterocycles. The average Bonchev–Trinajstić information content (AvgIpc) is 2.86. The second-order valence-corrected chi connectivity index (χ2v) is 4.09. The molecular weight excluding hydrogens is 317 g/mol. The van der Waals surface area contributed by atoms with E-state index in [9.17, 15) is 22.0 Å². The van der Waals surface area contributed by atoms with Crippen molar-refractivity contribution in [3.63, 3.8) is 0 Å². The van der Waals surface area contributed by atoms with Crippen LogP contribution in [0.2, 0.25) is 5.15 Å². The monoisotopic (exact) mass is 329 g/mol. The van der Waals surface area contributed by atoms with Crippen molar-refractivity contribution in [2.75, 3.05) is 0 Å². The minimum absolute atomic E-state index is 0.0872. The number of pyridine rings is 1. The van der Waals surface area contributed by atoms with Crippen LogP contribution in [0, 0.1) is 0 Å². The van der Waals surface area contributed by atoms with Crippen LogP contribution in [0.25, 0.3) is 5.65 Å². The maximum absolute atomic E-state index is 12.8. The molecule has 0 atom stereocenters. The summed E-state index contributed by atoms with van der Waals surface area (Å²) < 4.78 is 63.9. The number of halogens is 6. The fourth-order valence-electron chi connectivity index (χ4n) is 1.64. The third-order valence-corrected chi connectivity index (χ3v) is 2.88. The highest BCUT2D eigenvalue weighted by Crippen LogP contribution is 2.36. The molecule has 2 heterocycles. The van der Waals surface area contributed by atoms with E-state index in [1.807, 2.05) is 13.8 Å². The highest BCUT2D eigenvalue weighted by atomic mass is 35.5. The second kappa shape index (κ2) is 6.55. The first-order valence-electron chi connectivity index (χ1n) is 6.19. The lowest BCUT2D eigenvalue weighted by molar-refractivity contribution is -0.137. The van der Waals surface area contributed by atoms with Crippen molar-refractivity contribution in [3.8, 4) is 0 Å².